The van der Waals surface area contributed by atoms with Gasteiger partial charge < -0.3 is 20.7 Å². The van der Waals surface area contributed by atoms with Crippen LogP contribution in [0.4, 0.5) is 0 Å². The van der Waals surface area contributed by atoms with E-state index in [1.807, 2.05) is 20.8 Å². The van der Waals surface area contributed by atoms with Gasteiger partial charge in [0.1, 0.15) is 0 Å². The van der Waals surface area contributed by atoms with Crippen LogP contribution in [0.1, 0.15) is 53.4 Å². The maximum absolute atomic E-state index is 11.8. The maximum atomic E-state index is 11.8. The second kappa shape index (κ2) is 9.39. The smallest absolute Gasteiger partial charge is 0.225 e. The van der Waals surface area contributed by atoms with E-state index in [1.165, 1.54) is 19.3 Å². The molecule has 1 spiro atoms. The Balaban J connectivity index is 0.00000312. The molecule has 2 aliphatic rings. The van der Waals surface area contributed by atoms with Crippen LogP contribution in [0.5, 0.6) is 0 Å². The Kier molecular flexibility index (Phi) is 8.44. The fourth-order valence-electron chi connectivity index (χ4n) is 3.62. The zero-order chi connectivity index (χ0) is 17.8. The Bertz CT molecular complexity index is 472. The van der Waals surface area contributed by atoms with E-state index in [0.717, 1.165) is 19.0 Å². The average molecular weight is 466 g/mol. The largest absolute Gasteiger partial charge is 0.378 e. The van der Waals surface area contributed by atoms with Gasteiger partial charge in [0, 0.05) is 43.6 Å². The van der Waals surface area contributed by atoms with Crippen LogP contribution in [0.3, 0.4) is 0 Å². The molecule has 0 aromatic rings. The van der Waals surface area contributed by atoms with Crippen molar-refractivity contribution in [3.8, 4) is 0 Å². The van der Waals surface area contributed by atoms with Crippen LogP contribution in [-0.2, 0) is 9.53 Å². The number of ether oxygens (including phenoxy) is 1. The summed E-state index contributed by atoms with van der Waals surface area (Å²) in [7, 11) is 1.79. The summed E-state index contributed by atoms with van der Waals surface area (Å²) in [5.41, 5.74) is -0.0369. The molecular formula is C18H35IN4O2. The maximum Gasteiger partial charge on any atom is 0.225 e. The zero-order valence-electron chi connectivity index (χ0n) is 16.3. The van der Waals surface area contributed by atoms with Crippen molar-refractivity contribution in [1.29, 1.82) is 0 Å². The summed E-state index contributed by atoms with van der Waals surface area (Å²) in [6, 6.07) is 0.443. The zero-order valence-corrected chi connectivity index (χ0v) is 18.6. The third-order valence-electron chi connectivity index (χ3n) is 5.36. The summed E-state index contributed by atoms with van der Waals surface area (Å²) in [6.07, 6.45) is 5.24. The van der Waals surface area contributed by atoms with Crippen LogP contribution in [0.2, 0.25) is 0 Å². The van der Waals surface area contributed by atoms with Gasteiger partial charge in [-0.15, -0.1) is 24.0 Å². The van der Waals surface area contributed by atoms with Gasteiger partial charge in [-0.05, 0) is 26.2 Å². The van der Waals surface area contributed by atoms with Gasteiger partial charge in [-0.2, -0.15) is 0 Å². The van der Waals surface area contributed by atoms with E-state index >= 15 is 0 Å². The molecular weight excluding hydrogens is 431 g/mol. The summed E-state index contributed by atoms with van der Waals surface area (Å²) < 4.78 is 5.89. The van der Waals surface area contributed by atoms with E-state index in [1.54, 1.807) is 7.05 Å². The minimum Gasteiger partial charge on any atom is -0.378 e. The number of aliphatic imine (C=N–C) groups is 1. The van der Waals surface area contributed by atoms with Gasteiger partial charge in [-0.25, -0.2) is 0 Å². The van der Waals surface area contributed by atoms with Gasteiger partial charge in [0.2, 0.25) is 5.91 Å². The van der Waals surface area contributed by atoms with Gasteiger partial charge in [0.15, 0.2) is 5.96 Å². The summed E-state index contributed by atoms with van der Waals surface area (Å²) >= 11 is 0. The van der Waals surface area contributed by atoms with Crippen molar-refractivity contribution in [2.45, 2.75) is 65.5 Å². The van der Waals surface area contributed by atoms with E-state index < -0.39 is 0 Å². The first-order valence-corrected chi connectivity index (χ1v) is 9.20. The van der Waals surface area contributed by atoms with Crippen molar-refractivity contribution in [3.05, 3.63) is 0 Å². The molecule has 2 aliphatic carbocycles. The summed E-state index contributed by atoms with van der Waals surface area (Å²) in [4.78, 5) is 16.2. The Labute approximate surface area is 169 Å². The molecule has 1 amide bonds. The number of nitrogens with zero attached hydrogens (tertiary/aromatic N) is 1. The van der Waals surface area contributed by atoms with E-state index in [2.05, 4.69) is 27.9 Å². The van der Waals surface area contributed by atoms with E-state index in [0.29, 0.717) is 30.7 Å². The monoisotopic (exact) mass is 466 g/mol. The number of amides is 1. The second-order valence-corrected chi connectivity index (χ2v) is 7.97. The highest BCUT2D eigenvalue weighted by Crippen LogP contribution is 2.57. The van der Waals surface area contributed by atoms with Crippen LogP contribution >= 0.6 is 24.0 Å². The number of carbonyl (C=O) groups is 1. The SMILES string of the molecule is CCOC1CC(NC(=NC)NCCNC(=O)C(C)(C)C)C12CCC2.I. The molecule has 2 atom stereocenters. The highest BCUT2D eigenvalue weighted by molar-refractivity contribution is 14.0. The van der Waals surface area contributed by atoms with Crippen molar-refractivity contribution in [1.82, 2.24) is 16.0 Å². The molecule has 7 heteroatoms. The summed E-state index contributed by atoms with van der Waals surface area (Å²) in [5.74, 6) is 0.880. The molecule has 25 heavy (non-hydrogen) atoms. The number of guanidine groups is 1. The van der Waals surface area contributed by atoms with Crippen LogP contribution in [-0.4, -0.2) is 50.8 Å². The molecule has 3 N–H and O–H groups in total. The fraction of sp³-hybridized carbons (Fsp3) is 0.889. The minimum atomic E-state index is -0.350. The second-order valence-electron chi connectivity index (χ2n) is 7.97. The Morgan fingerprint density at radius 1 is 1.24 bits per heavy atom. The van der Waals surface area contributed by atoms with Gasteiger partial charge in [-0.3, -0.25) is 9.79 Å². The van der Waals surface area contributed by atoms with Crippen molar-refractivity contribution in [2.75, 3.05) is 26.7 Å². The lowest BCUT2D eigenvalue weighted by Crippen LogP contribution is -2.68. The van der Waals surface area contributed by atoms with E-state index in [-0.39, 0.29) is 35.3 Å². The molecule has 0 aromatic carbocycles. The molecule has 0 aromatic heterocycles. The highest BCUT2D eigenvalue weighted by Gasteiger charge is 2.59. The van der Waals surface area contributed by atoms with Gasteiger partial charge in [0.05, 0.1) is 6.10 Å². The van der Waals surface area contributed by atoms with E-state index in [4.69, 9.17) is 4.74 Å². The highest BCUT2D eigenvalue weighted by atomic mass is 127. The standard InChI is InChI=1S/C18H34N4O2.HI/c1-6-24-14-12-13(18(14)8-7-9-18)22-16(19-5)21-11-10-20-15(23)17(2,3)4;/h13-14H,6-12H2,1-5H3,(H,20,23)(H2,19,21,22);1H. The molecule has 0 saturated heterocycles. The summed E-state index contributed by atoms with van der Waals surface area (Å²) in [5, 5.41) is 9.78. The Morgan fingerprint density at radius 3 is 2.36 bits per heavy atom. The average Bonchev–Trinajstić information content (AvgIpc) is 2.45. The number of rotatable bonds is 6. The van der Waals surface area contributed by atoms with Gasteiger partial charge in [0.25, 0.3) is 0 Å². The quantitative estimate of drug-likeness (QED) is 0.243. The minimum absolute atomic E-state index is 0. The third-order valence-corrected chi connectivity index (χ3v) is 5.36. The van der Waals surface area contributed by atoms with Crippen LogP contribution in [0, 0.1) is 10.8 Å². The molecule has 6 nitrogen and oxygen atoms in total. The van der Waals surface area contributed by atoms with Gasteiger partial charge in [-0.1, -0.05) is 27.2 Å². The topological polar surface area (TPSA) is 74.8 Å². The fourth-order valence-corrected chi connectivity index (χ4v) is 3.62. The molecule has 0 radical (unpaired) electrons. The first kappa shape index (κ1) is 22.5. The Morgan fingerprint density at radius 2 is 1.88 bits per heavy atom. The number of halogens is 1. The van der Waals surface area contributed by atoms with Crippen LogP contribution in [0.25, 0.3) is 0 Å². The molecule has 146 valence electrons. The van der Waals surface area contributed by atoms with Crippen molar-refractivity contribution in [2.24, 2.45) is 15.8 Å². The molecule has 0 bridgehead atoms. The molecule has 2 rings (SSSR count). The molecule has 2 fully saturated rings. The summed E-state index contributed by atoms with van der Waals surface area (Å²) in [6.45, 7) is 9.86. The first-order valence-electron chi connectivity index (χ1n) is 9.20. The van der Waals surface area contributed by atoms with E-state index in [9.17, 15) is 4.79 Å². The van der Waals surface area contributed by atoms with Gasteiger partial charge >= 0.3 is 0 Å². The molecule has 0 heterocycles. The van der Waals surface area contributed by atoms with Crippen molar-refractivity contribution >= 4 is 35.8 Å². The molecule has 2 saturated carbocycles. The molecule has 0 aliphatic heterocycles. The van der Waals surface area contributed by atoms with Crippen LogP contribution in [0.15, 0.2) is 4.99 Å². The van der Waals surface area contributed by atoms with Crippen molar-refractivity contribution in [3.63, 3.8) is 0 Å². The lowest BCUT2D eigenvalue weighted by molar-refractivity contribution is -0.168. The van der Waals surface area contributed by atoms with Crippen LogP contribution < -0.4 is 16.0 Å². The predicted molar refractivity (Wildman–Crippen MR) is 112 cm³/mol. The normalized spacial score (nSPS) is 24.6. The molecule has 2 unspecified atom stereocenters. The third kappa shape index (κ3) is 5.21. The lowest BCUT2D eigenvalue weighted by atomic mass is 9.51. The number of carbonyl (C=O) groups excluding carboxylic acids is 1. The lowest BCUT2D eigenvalue weighted by Gasteiger charge is -2.61. The van der Waals surface area contributed by atoms with Crippen molar-refractivity contribution < 1.29 is 9.53 Å². The number of hydrogen-bond acceptors (Lipinski definition) is 3. The number of hydrogen-bond donors (Lipinski definition) is 3. The predicted octanol–water partition coefficient (Wildman–Crippen LogP) is 2.28. The first-order chi connectivity index (χ1) is 11.3. The Hall–Kier alpha value is -0.570. The number of nitrogens with one attached hydrogen (secondary N) is 3.